The maximum Gasteiger partial charge on any atom is 0.0651 e. The minimum Gasteiger partial charge on any atom is -0.302 e. The second-order valence-electron chi connectivity index (χ2n) is 5.40. The highest BCUT2D eigenvalue weighted by atomic mass is 32.2. The third-order valence-electron chi connectivity index (χ3n) is 3.83. The van der Waals surface area contributed by atoms with Crippen molar-refractivity contribution in [3.63, 3.8) is 0 Å². The summed E-state index contributed by atoms with van der Waals surface area (Å²) in [4.78, 5) is 0.465. The van der Waals surface area contributed by atoms with Gasteiger partial charge >= 0.3 is 0 Å². The molecular formula is C12H23NS. The predicted molar refractivity (Wildman–Crippen MR) is 64.6 cm³/mol. The highest BCUT2D eigenvalue weighted by Crippen LogP contribution is 2.46. The summed E-state index contributed by atoms with van der Waals surface area (Å²) in [5.41, 5.74) is 0. The van der Waals surface area contributed by atoms with Crippen LogP contribution in [0.5, 0.6) is 0 Å². The summed E-state index contributed by atoms with van der Waals surface area (Å²) in [7, 11) is 0. The fourth-order valence-corrected chi connectivity index (χ4v) is 4.59. The number of nitrogens with one attached hydrogen (secondary N) is 1. The van der Waals surface area contributed by atoms with Gasteiger partial charge in [0.05, 0.1) is 4.87 Å². The molecule has 1 saturated carbocycles. The highest BCUT2D eigenvalue weighted by molar-refractivity contribution is 8.01. The zero-order valence-electron chi connectivity index (χ0n) is 9.68. The molecule has 1 heterocycles. The third kappa shape index (κ3) is 2.11. The van der Waals surface area contributed by atoms with Crippen LogP contribution >= 0.6 is 11.8 Å². The Kier molecular flexibility index (Phi) is 3.13. The van der Waals surface area contributed by atoms with Crippen molar-refractivity contribution < 1.29 is 0 Å². The lowest BCUT2D eigenvalue weighted by Crippen LogP contribution is -2.42. The molecule has 1 N–H and O–H groups in total. The van der Waals surface area contributed by atoms with Crippen molar-refractivity contribution in [1.82, 2.24) is 5.32 Å². The summed E-state index contributed by atoms with van der Waals surface area (Å²) >= 11 is 2.20. The standard InChI is InChI=1S/C12H23NS/c1-9(2)11-5-4-6-12(7-11)13-8-10(3)14-12/h9-11,13H,4-8H2,1-3H3. The van der Waals surface area contributed by atoms with Crippen LogP contribution in [-0.4, -0.2) is 16.7 Å². The molecular weight excluding hydrogens is 190 g/mol. The van der Waals surface area contributed by atoms with E-state index < -0.39 is 0 Å². The van der Waals surface area contributed by atoms with E-state index in [4.69, 9.17) is 0 Å². The van der Waals surface area contributed by atoms with Gasteiger partial charge in [-0.3, -0.25) is 0 Å². The van der Waals surface area contributed by atoms with Crippen molar-refractivity contribution in [3.8, 4) is 0 Å². The van der Waals surface area contributed by atoms with Crippen molar-refractivity contribution in [1.29, 1.82) is 0 Å². The average molecular weight is 213 g/mol. The first-order chi connectivity index (χ1) is 6.61. The molecule has 0 aromatic rings. The van der Waals surface area contributed by atoms with E-state index in [-0.39, 0.29) is 0 Å². The second-order valence-corrected chi connectivity index (χ2v) is 7.23. The lowest BCUT2D eigenvalue weighted by molar-refractivity contribution is 0.219. The van der Waals surface area contributed by atoms with Gasteiger partial charge in [0, 0.05) is 11.8 Å². The van der Waals surface area contributed by atoms with Gasteiger partial charge in [-0.1, -0.05) is 33.6 Å². The molecule has 0 aromatic heterocycles. The number of hydrogen-bond donors (Lipinski definition) is 1. The molecule has 2 aliphatic rings. The largest absolute Gasteiger partial charge is 0.302 e. The van der Waals surface area contributed by atoms with E-state index in [1.54, 1.807) is 0 Å². The van der Waals surface area contributed by atoms with E-state index in [2.05, 4.69) is 37.8 Å². The Morgan fingerprint density at radius 2 is 2.21 bits per heavy atom. The Morgan fingerprint density at radius 3 is 2.79 bits per heavy atom. The summed E-state index contributed by atoms with van der Waals surface area (Å²) in [5, 5.41) is 4.59. The van der Waals surface area contributed by atoms with Crippen molar-refractivity contribution in [3.05, 3.63) is 0 Å². The monoisotopic (exact) mass is 213 g/mol. The maximum atomic E-state index is 3.77. The number of hydrogen-bond acceptors (Lipinski definition) is 2. The fourth-order valence-electron chi connectivity index (χ4n) is 2.91. The van der Waals surface area contributed by atoms with E-state index in [1.165, 1.54) is 32.2 Å². The Labute approximate surface area is 92.4 Å². The van der Waals surface area contributed by atoms with Gasteiger partial charge in [0.15, 0.2) is 0 Å². The van der Waals surface area contributed by atoms with E-state index in [0.29, 0.717) is 4.87 Å². The molecule has 0 amide bonds. The molecule has 1 aliphatic heterocycles. The van der Waals surface area contributed by atoms with E-state index in [9.17, 15) is 0 Å². The Morgan fingerprint density at radius 1 is 1.43 bits per heavy atom. The third-order valence-corrected chi connectivity index (χ3v) is 5.36. The van der Waals surface area contributed by atoms with Gasteiger partial charge in [0.1, 0.15) is 0 Å². The minimum atomic E-state index is 0.465. The van der Waals surface area contributed by atoms with Gasteiger partial charge in [-0.15, -0.1) is 11.8 Å². The topological polar surface area (TPSA) is 12.0 Å². The van der Waals surface area contributed by atoms with Crippen molar-refractivity contribution in [2.75, 3.05) is 6.54 Å². The van der Waals surface area contributed by atoms with Crippen LogP contribution in [0.1, 0.15) is 46.5 Å². The summed E-state index contributed by atoms with van der Waals surface area (Å²) in [6.45, 7) is 8.33. The lowest BCUT2D eigenvalue weighted by atomic mass is 9.79. The van der Waals surface area contributed by atoms with E-state index in [1.807, 2.05) is 0 Å². The van der Waals surface area contributed by atoms with Crippen LogP contribution in [0.2, 0.25) is 0 Å². The molecule has 2 fully saturated rings. The summed E-state index contributed by atoms with van der Waals surface area (Å²) < 4.78 is 0. The molecule has 2 heteroatoms. The SMILES string of the molecule is CC1CNC2(CCCC(C(C)C)C2)S1. The first-order valence-electron chi connectivity index (χ1n) is 6.04. The van der Waals surface area contributed by atoms with Gasteiger partial charge in [0.25, 0.3) is 0 Å². The molecule has 14 heavy (non-hydrogen) atoms. The lowest BCUT2D eigenvalue weighted by Gasteiger charge is -2.39. The molecule has 1 saturated heterocycles. The van der Waals surface area contributed by atoms with Gasteiger partial charge in [-0.2, -0.15) is 0 Å². The maximum absolute atomic E-state index is 3.77. The molecule has 3 unspecified atom stereocenters. The second kappa shape index (κ2) is 4.05. The zero-order valence-corrected chi connectivity index (χ0v) is 10.5. The van der Waals surface area contributed by atoms with Crippen LogP contribution in [-0.2, 0) is 0 Å². The molecule has 1 aliphatic carbocycles. The van der Waals surface area contributed by atoms with Crippen molar-refractivity contribution >= 4 is 11.8 Å². The molecule has 1 nitrogen and oxygen atoms in total. The fraction of sp³-hybridized carbons (Fsp3) is 1.00. The van der Waals surface area contributed by atoms with Gasteiger partial charge < -0.3 is 5.32 Å². The number of thioether (sulfide) groups is 1. The van der Waals surface area contributed by atoms with Crippen LogP contribution in [0.4, 0.5) is 0 Å². The van der Waals surface area contributed by atoms with Crippen LogP contribution in [0, 0.1) is 11.8 Å². The quantitative estimate of drug-likeness (QED) is 0.717. The summed E-state index contributed by atoms with van der Waals surface area (Å²) in [6, 6.07) is 0. The molecule has 1 spiro atoms. The van der Waals surface area contributed by atoms with Crippen LogP contribution in [0.25, 0.3) is 0 Å². The Hall–Kier alpha value is 0.310. The summed E-state index contributed by atoms with van der Waals surface area (Å²) in [6.07, 6.45) is 5.68. The smallest absolute Gasteiger partial charge is 0.0651 e. The molecule has 82 valence electrons. The van der Waals surface area contributed by atoms with Crippen molar-refractivity contribution in [2.45, 2.75) is 56.6 Å². The van der Waals surface area contributed by atoms with E-state index >= 15 is 0 Å². The molecule has 0 radical (unpaired) electrons. The Bertz CT molecular complexity index is 200. The Balaban J connectivity index is 1.99. The van der Waals surface area contributed by atoms with Crippen molar-refractivity contribution in [2.24, 2.45) is 11.8 Å². The molecule has 2 rings (SSSR count). The zero-order chi connectivity index (χ0) is 10.2. The van der Waals surface area contributed by atoms with E-state index in [0.717, 1.165) is 17.1 Å². The van der Waals surface area contributed by atoms with Gasteiger partial charge in [-0.25, -0.2) is 0 Å². The minimum absolute atomic E-state index is 0.465. The normalized spacial score (nSPS) is 43.7. The molecule has 3 atom stereocenters. The first kappa shape index (κ1) is 10.8. The molecule has 0 bridgehead atoms. The van der Waals surface area contributed by atoms with Gasteiger partial charge in [-0.05, 0) is 24.7 Å². The first-order valence-corrected chi connectivity index (χ1v) is 6.92. The highest BCUT2D eigenvalue weighted by Gasteiger charge is 2.42. The average Bonchev–Trinajstić information content (AvgIpc) is 2.47. The number of rotatable bonds is 1. The van der Waals surface area contributed by atoms with Crippen LogP contribution < -0.4 is 5.32 Å². The van der Waals surface area contributed by atoms with Gasteiger partial charge in [0.2, 0.25) is 0 Å². The van der Waals surface area contributed by atoms with Crippen LogP contribution in [0.3, 0.4) is 0 Å². The molecule has 0 aromatic carbocycles. The van der Waals surface area contributed by atoms with Crippen LogP contribution in [0.15, 0.2) is 0 Å². The summed E-state index contributed by atoms with van der Waals surface area (Å²) in [5.74, 6) is 1.82. The predicted octanol–water partition coefficient (Wildman–Crippen LogP) is 3.25.